The molecule has 0 radical (unpaired) electrons. The van der Waals surface area contributed by atoms with Crippen LogP contribution >= 0.6 is 0 Å². The minimum absolute atomic E-state index is 0.0612. The van der Waals surface area contributed by atoms with Crippen molar-refractivity contribution >= 4 is 23.0 Å². The molecule has 0 bridgehead atoms. The van der Waals surface area contributed by atoms with E-state index in [0.29, 0.717) is 0 Å². The van der Waals surface area contributed by atoms with E-state index in [1.165, 1.54) is 47.4 Å². The number of aromatic amines is 1. The van der Waals surface area contributed by atoms with Crippen molar-refractivity contribution in [3.05, 3.63) is 75.4 Å². The summed E-state index contributed by atoms with van der Waals surface area (Å²) in [7, 11) is 0. The Labute approximate surface area is 188 Å². The summed E-state index contributed by atoms with van der Waals surface area (Å²) in [6, 6.07) is 0. The maximum atomic E-state index is 12.6. The zero-order chi connectivity index (χ0) is 23.5. The van der Waals surface area contributed by atoms with Gasteiger partial charge in [-0.15, -0.1) is 0 Å². The number of imidazole rings is 1. The lowest BCUT2D eigenvalue weighted by molar-refractivity contribution is 0.0972. The van der Waals surface area contributed by atoms with Crippen LogP contribution in [-0.2, 0) is 0 Å². The molecule has 0 spiro atoms. The fourth-order valence-electron chi connectivity index (χ4n) is 4.03. The maximum absolute atomic E-state index is 12.6. The smallest absolute Gasteiger partial charge is 0.280 e. The number of fused-ring (bicyclic) bond motifs is 1. The molecule has 0 aromatic carbocycles. The van der Waals surface area contributed by atoms with Crippen LogP contribution in [0.4, 0.5) is 5.95 Å². The zero-order valence-corrected chi connectivity index (χ0v) is 19.4. The van der Waals surface area contributed by atoms with Crippen LogP contribution in [-0.4, -0.2) is 25.4 Å². The van der Waals surface area contributed by atoms with Crippen LogP contribution in [0, 0.1) is 5.41 Å². The summed E-state index contributed by atoms with van der Waals surface area (Å²) >= 11 is 0. The molecule has 2 heterocycles. The lowest BCUT2D eigenvalue weighted by Gasteiger charge is -2.32. The summed E-state index contributed by atoms with van der Waals surface area (Å²) in [5, 5.41) is 0. The topological polar surface area (TPSA) is 107 Å². The van der Waals surface area contributed by atoms with Crippen molar-refractivity contribution in [1.29, 1.82) is 0 Å². The second kappa shape index (κ2) is 9.34. The van der Waals surface area contributed by atoms with E-state index in [1.54, 1.807) is 0 Å². The van der Waals surface area contributed by atoms with E-state index >= 15 is 0 Å². The summed E-state index contributed by atoms with van der Waals surface area (Å²) < 4.78 is 1.21. The first kappa shape index (κ1) is 23.2. The summed E-state index contributed by atoms with van der Waals surface area (Å²) in [6.07, 6.45) is 16.6. The molecule has 0 saturated carbocycles. The summed E-state index contributed by atoms with van der Waals surface area (Å²) in [6.45, 7) is 10.7. The van der Waals surface area contributed by atoms with Crippen molar-refractivity contribution in [3.8, 4) is 0 Å². The predicted octanol–water partition coefficient (Wildman–Crippen LogP) is 4.87. The Kier molecular flexibility index (Phi) is 6.77. The van der Waals surface area contributed by atoms with E-state index in [2.05, 4.69) is 54.8 Å². The van der Waals surface area contributed by atoms with E-state index in [1.807, 2.05) is 25.2 Å². The van der Waals surface area contributed by atoms with Gasteiger partial charge in [-0.3, -0.25) is 14.6 Å². The van der Waals surface area contributed by atoms with E-state index in [-0.39, 0.29) is 28.4 Å². The highest BCUT2D eigenvalue weighted by Crippen LogP contribution is 2.40. The van der Waals surface area contributed by atoms with Gasteiger partial charge in [-0.2, -0.15) is 4.98 Å². The zero-order valence-electron chi connectivity index (χ0n) is 19.4. The van der Waals surface area contributed by atoms with Gasteiger partial charge in [-0.1, -0.05) is 55.4 Å². The van der Waals surface area contributed by atoms with Gasteiger partial charge in [0.25, 0.3) is 11.5 Å². The number of rotatable bonds is 5. The second-order valence-electron chi connectivity index (χ2n) is 9.00. The average Bonchev–Trinajstić information content (AvgIpc) is 3.11. The minimum atomic E-state index is -0.476. The Bertz CT molecular complexity index is 1250. The van der Waals surface area contributed by atoms with E-state index in [4.69, 9.17) is 5.73 Å². The van der Waals surface area contributed by atoms with Crippen molar-refractivity contribution in [1.82, 2.24) is 19.5 Å². The molecule has 7 heteroatoms. The first-order chi connectivity index (χ1) is 15.1. The normalized spacial score (nSPS) is 17.8. The number of carbonyl (C=O) groups excluding carboxylic acids is 1. The Balaban J connectivity index is 1.72. The summed E-state index contributed by atoms with van der Waals surface area (Å²) in [5.74, 6) is -0.413. The molecule has 0 atom stereocenters. The van der Waals surface area contributed by atoms with Crippen molar-refractivity contribution in [2.24, 2.45) is 5.41 Å². The van der Waals surface area contributed by atoms with Crippen molar-refractivity contribution in [3.63, 3.8) is 0 Å². The Morgan fingerprint density at radius 3 is 2.72 bits per heavy atom. The first-order valence-corrected chi connectivity index (χ1v) is 10.8. The Morgan fingerprint density at radius 1 is 1.25 bits per heavy atom. The van der Waals surface area contributed by atoms with Crippen LogP contribution in [0.3, 0.4) is 0 Å². The van der Waals surface area contributed by atoms with E-state index in [9.17, 15) is 9.59 Å². The summed E-state index contributed by atoms with van der Waals surface area (Å²) in [5.41, 5.74) is 10.3. The Hall–Kier alpha value is -3.48. The van der Waals surface area contributed by atoms with Gasteiger partial charge in [0.15, 0.2) is 11.2 Å². The van der Waals surface area contributed by atoms with Gasteiger partial charge in [0.05, 0.1) is 0 Å². The van der Waals surface area contributed by atoms with Crippen LogP contribution < -0.4 is 11.3 Å². The molecule has 0 aliphatic heterocycles. The van der Waals surface area contributed by atoms with Gasteiger partial charge >= 0.3 is 0 Å². The van der Waals surface area contributed by atoms with E-state index < -0.39 is 5.56 Å². The molecule has 0 unspecified atom stereocenters. The van der Waals surface area contributed by atoms with Crippen molar-refractivity contribution < 1.29 is 4.79 Å². The number of hydrogen-bond donors (Lipinski definition) is 2. The molecular formula is C25H31N5O2. The molecule has 0 saturated heterocycles. The highest BCUT2D eigenvalue weighted by atomic mass is 16.2. The van der Waals surface area contributed by atoms with Crippen LogP contribution in [0.25, 0.3) is 11.2 Å². The third kappa shape index (κ3) is 5.22. The molecule has 2 aromatic rings. The molecule has 168 valence electrons. The molecule has 3 N–H and O–H groups in total. The van der Waals surface area contributed by atoms with Crippen LogP contribution in [0.15, 0.2) is 69.9 Å². The number of carbonyl (C=O) groups is 1. The first-order valence-electron chi connectivity index (χ1n) is 10.8. The maximum Gasteiger partial charge on any atom is 0.280 e. The second-order valence-corrected chi connectivity index (χ2v) is 9.00. The highest BCUT2D eigenvalue weighted by molar-refractivity contribution is 5.96. The Morgan fingerprint density at radius 2 is 2.00 bits per heavy atom. The van der Waals surface area contributed by atoms with Gasteiger partial charge in [-0.25, -0.2) is 9.55 Å². The molecule has 3 rings (SSSR count). The number of H-pyrrole nitrogens is 1. The fraction of sp³-hybridized carbons (Fsp3) is 0.360. The quantitative estimate of drug-likeness (QED) is 0.516. The monoisotopic (exact) mass is 433 g/mol. The molecule has 2 aromatic heterocycles. The molecular weight excluding hydrogens is 402 g/mol. The summed E-state index contributed by atoms with van der Waals surface area (Å²) in [4.78, 5) is 34.8. The number of nitrogens with two attached hydrogens (primary N) is 1. The number of nitrogens with one attached hydrogen (secondary N) is 1. The lowest BCUT2D eigenvalue weighted by atomic mass is 9.72. The van der Waals surface area contributed by atoms with Crippen molar-refractivity contribution in [2.45, 2.75) is 53.9 Å². The predicted molar refractivity (Wildman–Crippen MR) is 129 cm³/mol. The molecule has 32 heavy (non-hydrogen) atoms. The minimum Gasteiger partial charge on any atom is -0.369 e. The standard InChI is InChI=1S/C25H31N5O2/c1-16(11-12-19-18(3)10-7-13-25(19,4)5)8-6-9-17(2)14-20(31)30-15-27-21-22(30)28-24(26)29-23(21)32/h6,8-9,11-12,14-15H,7,10,13H2,1-5H3,(H3,26,28,29,32)/b9-6+,12-11+,16-8+,17-14+. The van der Waals surface area contributed by atoms with Crippen LogP contribution in [0.2, 0.25) is 0 Å². The number of aromatic nitrogens is 4. The van der Waals surface area contributed by atoms with Crippen molar-refractivity contribution in [2.75, 3.05) is 5.73 Å². The van der Waals surface area contributed by atoms with Gasteiger partial charge in [-0.05, 0) is 56.6 Å². The molecule has 0 amide bonds. The van der Waals surface area contributed by atoms with Gasteiger partial charge in [0.1, 0.15) is 6.33 Å². The highest BCUT2D eigenvalue weighted by Gasteiger charge is 2.26. The van der Waals surface area contributed by atoms with Gasteiger partial charge < -0.3 is 5.73 Å². The lowest BCUT2D eigenvalue weighted by Crippen LogP contribution is -2.19. The third-order valence-corrected chi connectivity index (χ3v) is 5.79. The molecule has 0 fully saturated rings. The number of anilines is 1. The number of allylic oxidation sites excluding steroid dienone is 10. The number of nitrogen functional groups attached to an aromatic ring is 1. The average molecular weight is 434 g/mol. The van der Waals surface area contributed by atoms with E-state index in [0.717, 1.165) is 11.1 Å². The number of hydrogen-bond acceptors (Lipinski definition) is 5. The van der Waals surface area contributed by atoms with Crippen LogP contribution in [0.1, 0.15) is 58.7 Å². The van der Waals surface area contributed by atoms with Gasteiger partial charge in [0.2, 0.25) is 5.95 Å². The van der Waals surface area contributed by atoms with Gasteiger partial charge in [0, 0.05) is 6.08 Å². The SMILES string of the molecule is CC1=C(/C=C/C(C)=C/C=C/C(C)=C/C(=O)n2cnc3c(=O)[nH]c(N)nc32)C(C)(C)CCC1. The molecule has 1 aliphatic rings. The molecule has 7 nitrogen and oxygen atoms in total. The number of nitrogens with zero attached hydrogens (tertiary/aromatic N) is 3. The third-order valence-electron chi connectivity index (χ3n) is 5.79. The molecule has 1 aliphatic carbocycles. The fourth-order valence-corrected chi connectivity index (χ4v) is 4.03. The largest absolute Gasteiger partial charge is 0.369 e. The van der Waals surface area contributed by atoms with Crippen LogP contribution in [0.5, 0.6) is 0 Å².